The second-order valence-corrected chi connectivity index (χ2v) is 8.05. The molecule has 2 aromatic rings. The second kappa shape index (κ2) is 7.40. The van der Waals surface area contributed by atoms with Gasteiger partial charge in [-0.25, -0.2) is 9.36 Å². The number of likely N-dealkylation sites (tertiary alicyclic amines) is 1. The fourth-order valence-electron chi connectivity index (χ4n) is 4.40. The van der Waals surface area contributed by atoms with E-state index in [1.54, 1.807) is 0 Å². The lowest BCUT2D eigenvalue weighted by molar-refractivity contribution is -0.346. The molecule has 4 rings (SSSR count). The topological polar surface area (TPSA) is 91.3 Å². The summed E-state index contributed by atoms with van der Waals surface area (Å²) in [7, 11) is 0. The zero-order chi connectivity index (χ0) is 27.2. The largest absolute Gasteiger partial charge is 0.493 e. The minimum absolute atomic E-state index is 0.0386. The number of benzene rings is 1. The summed E-state index contributed by atoms with van der Waals surface area (Å²) in [6.45, 7) is -0.898. The first kappa shape index (κ1) is 25.4. The van der Waals surface area contributed by atoms with E-state index in [4.69, 9.17) is 5.26 Å². The van der Waals surface area contributed by atoms with Crippen LogP contribution in [-0.4, -0.2) is 49.6 Å². The van der Waals surface area contributed by atoms with Crippen molar-refractivity contribution >= 4 is 5.91 Å². The molecule has 2 bridgehead atoms. The quantitative estimate of drug-likeness (QED) is 0.608. The number of nitrogens with zero attached hydrogens (tertiary/aromatic N) is 4. The van der Waals surface area contributed by atoms with Crippen LogP contribution >= 0.6 is 0 Å². The van der Waals surface area contributed by atoms with E-state index in [2.05, 4.69) is 0 Å². The number of aromatic nitrogens is 2. The van der Waals surface area contributed by atoms with E-state index < -0.39 is 89.2 Å². The van der Waals surface area contributed by atoms with E-state index in [-0.39, 0.29) is 4.90 Å². The van der Waals surface area contributed by atoms with Gasteiger partial charge in [-0.1, -0.05) is 0 Å². The molecule has 1 amide bonds. The summed E-state index contributed by atoms with van der Waals surface area (Å²) < 4.78 is 133. The fourth-order valence-corrected chi connectivity index (χ4v) is 4.40. The zero-order valence-electron chi connectivity index (χ0n) is 17.1. The Labute approximate surface area is 192 Å². The van der Waals surface area contributed by atoms with Gasteiger partial charge in [-0.05, 0) is 24.6 Å². The predicted octanol–water partition coefficient (Wildman–Crippen LogP) is 3.90. The fraction of sp³-hybridized carbons (Fsp3) is 0.421. The van der Waals surface area contributed by atoms with Crippen molar-refractivity contribution in [2.75, 3.05) is 6.54 Å². The molecule has 2 atom stereocenters. The highest BCUT2D eigenvalue weighted by Crippen LogP contribution is 2.53. The number of rotatable bonds is 3. The number of halogens is 10. The molecule has 0 spiro atoms. The van der Waals surface area contributed by atoms with Crippen molar-refractivity contribution in [3.8, 4) is 17.6 Å². The summed E-state index contributed by atoms with van der Waals surface area (Å²) >= 11 is 0. The van der Waals surface area contributed by atoms with Crippen molar-refractivity contribution in [2.24, 2.45) is 0 Å². The number of alkyl halides is 10. The normalized spacial score (nSPS) is 20.0. The molecule has 0 saturated carbocycles. The highest BCUT2D eigenvalue weighted by atomic mass is 19.4. The van der Waals surface area contributed by atoms with Crippen LogP contribution in [0.5, 0.6) is 5.88 Å². The van der Waals surface area contributed by atoms with Crippen LogP contribution in [-0.2, 0) is 11.0 Å². The molecule has 2 aliphatic rings. The van der Waals surface area contributed by atoms with Gasteiger partial charge in [0.15, 0.2) is 0 Å². The molecule has 1 saturated heterocycles. The number of carbonyl (C=O) groups is 1. The van der Waals surface area contributed by atoms with Gasteiger partial charge in [0.2, 0.25) is 5.88 Å². The average molecular weight is 532 g/mol. The van der Waals surface area contributed by atoms with Crippen molar-refractivity contribution in [1.82, 2.24) is 14.0 Å². The first-order chi connectivity index (χ1) is 16.4. The van der Waals surface area contributed by atoms with Gasteiger partial charge in [-0.2, -0.15) is 49.2 Å². The lowest BCUT2D eigenvalue weighted by atomic mass is 10.1. The third-order valence-electron chi connectivity index (χ3n) is 6.02. The summed E-state index contributed by atoms with van der Waals surface area (Å²) in [5, 5.41) is 19.4. The predicted molar refractivity (Wildman–Crippen MR) is 95.5 cm³/mol. The summed E-state index contributed by atoms with van der Waals surface area (Å²) in [5.74, 6) is -17.0. The summed E-state index contributed by atoms with van der Waals surface area (Å²) in [6.07, 6.45) is -12.2. The average Bonchev–Trinajstić information content (AvgIpc) is 3.42. The molecule has 7 nitrogen and oxygen atoms in total. The minimum Gasteiger partial charge on any atom is -0.493 e. The molecule has 2 aliphatic heterocycles. The van der Waals surface area contributed by atoms with Crippen LogP contribution in [0.3, 0.4) is 0 Å². The SMILES string of the molecule is N#Cc1ccc(-n2c(O)c3n(c2=O)C2CC3N(C(=O)C(F)(F)C(F)(F)C(F)(F)F)C2)cc1C(F)(F)F. The minimum atomic E-state index is -6.77. The maximum atomic E-state index is 14.0. The number of aromatic hydroxyl groups is 1. The highest BCUT2D eigenvalue weighted by Gasteiger charge is 2.77. The van der Waals surface area contributed by atoms with E-state index in [1.165, 1.54) is 6.07 Å². The summed E-state index contributed by atoms with van der Waals surface area (Å²) in [6, 6.07) is 0.199. The molecular weight excluding hydrogens is 522 g/mol. The van der Waals surface area contributed by atoms with Crippen molar-refractivity contribution in [3.05, 3.63) is 45.5 Å². The Morgan fingerprint density at radius 2 is 1.67 bits per heavy atom. The van der Waals surface area contributed by atoms with Crippen molar-refractivity contribution in [3.63, 3.8) is 0 Å². The monoisotopic (exact) mass is 532 g/mol. The Kier molecular flexibility index (Phi) is 5.22. The number of imidazole rings is 1. The first-order valence-corrected chi connectivity index (χ1v) is 9.67. The Morgan fingerprint density at radius 3 is 2.19 bits per heavy atom. The van der Waals surface area contributed by atoms with Crippen LogP contribution in [0.25, 0.3) is 5.69 Å². The van der Waals surface area contributed by atoms with Crippen LogP contribution in [0.15, 0.2) is 23.0 Å². The number of nitriles is 1. The zero-order valence-corrected chi connectivity index (χ0v) is 17.1. The van der Waals surface area contributed by atoms with Crippen LogP contribution in [0.2, 0.25) is 0 Å². The van der Waals surface area contributed by atoms with E-state index in [1.807, 2.05) is 0 Å². The smallest absolute Gasteiger partial charge is 0.460 e. The van der Waals surface area contributed by atoms with E-state index in [0.717, 1.165) is 10.6 Å². The number of amides is 1. The van der Waals surface area contributed by atoms with Gasteiger partial charge in [0.25, 0.3) is 0 Å². The number of fused-ring (bicyclic) bond motifs is 5. The highest BCUT2D eigenvalue weighted by molar-refractivity contribution is 5.86. The Balaban J connectivity index is 1.78. The molecular formula is C19H10F10N4O3. The summed E-state index contributed by atoms with van der Waals surface area (Å²) in [4.78, 5) is 24.9. The Hall–Kier alpha value is -3.71. The summed E-state index contributed by atoms with van der Waals surface area (Å²) in [5.41, 5.74) is -4.73. The van der Waals surface area contributed by atoms with Gasteiger partial charge < -0.3 is 10.0 Å². The first-order valence-electron chi connectivity index (χ1n) is 9.67. The molecule has 3 heterocycles. The van der Waals surface area contributed by atoms with Crippen LogP contribution in [0.1, 0.15) is 35.3 Å². The molecule has 1 N–H and O–H groups in total. The number of hydrogen-bond donors (Lipinski definition) is 1. The van der Waals surface area contributed by atoms with Gasteiger partial charge in [0.1, 0.15) is 5.69 Å². The second-order valence-electron chi connectivity index (χ2n) is 8.05. The lowest BCUT2D eigenvalue weighted by Gasteiger charge is -2.34. The third kappa shape index (κ3) is 3.26. The van der Waals surface area contributed by atoms with Gasteiger partial charge >= 0.3 is 35.8 Å². The van der Waals surface area contributed by atoms with Crippen LogP contribution in [0, 0.1) is 11.3 Å². The molecule has 1 aromatic carbocycles. The molecule has 1 aromatic heterocycles. The molecule has 2 unspecified atom stereocenters. The van der Waals surface area contributed by atoms with Gasteiger partial charge in [0, 0.05) is 6.54 Å². The Morgan fingerprint density at radius 1 is 1.06 bits per heavy atom. The van der Waals surface area contributed by atoms with Gasteiger partial charge in [-0.15, -0.1) is 0 Å². The third-order valence-corrected chi connectivity index (χ3v) is 6.02. The van der Waals surface area contributed by atoms with Crippen molar-refractivity contribution in [1.29, 1.82) is 5.26 Å². The van der Waals surface area contributed by atoms with Crippen LogP contribution < -0.4 is 5.69 Å². The lowest BCUT2D eigenvalue weighted by Crippen LogP contribution is -2.60. The molecule has 0 aliphatic carbocycles. The van der Waals surface area contributed by atoms with Crippen molar-refractivity contribution < 1.29 is 53.8 Å². The van der Waals surface area contributed by atoms with Gasteiger partial charge in [0.05, 0.1) is 35.0 Å². The molecule has 1 fully saturated rings. The standard InChI is InChI=1S/C19H10F10N4O3/c20-16(21,18(25,26)19(27,28)29)14(35)31-6-9-4-11(31)12-13(34)33(15(36)32(9)12)8-2-1-7(5-30)10(3-8)17(22,23)24/h1-3,9,11,34H,4,6H2. The number of hydrogen-bond acceptors (Lipinski definition) is 4. The molecule has 17 heteroatoms. The van der Waals surface area contributed by atoms with Gasteiger partial charge in [-0.3, -0.25) is 9.36 Å². The van der Waals surface area contributed by atoms with Crippen molar-refractivity contribution in [2.45, 2.75) is 42.7 Å². The molecule has 36 heavy (non-hydrogen) atoms. The maximum absolute atomic E-state index is 14.0. The molecule has 194 valence electrons. The number of carbonyl (C=O) groups excluding carboxylic acids is 1. The maximum Gasteiger partial charge on any atom is 0.460 e. The Bertz CT molecular complexity index is 1370. The molecule has 0 radical (unpaired) electrons. The van der Waals surface area contributed by atoms with Crippen LogP contribution in [0.4, 0.5) is 43.9 Å². The van der Waals surface area contributed by atoms with E-state index in [9.17, 15) is 58.6 Å². The van der Waals surface area contributed by atoms with E-state index >= 15 is 0 Å². The van der Waals surface area contributed by atoms with E-state index in [0.29, 0.717) is 16.7 Å².